The van der Waals surface area contributed by atoms with Gasteiger partial charge in [-0.25, -0.2) is 0 Å². The SMILES string of the molecule is NC1CC(Nc2ccccc2N2CCCC2=O)C1. The maximum atomic E-state index is 11.8. The summed E-state index contributed by atoms with van der Waals surface area (Å²) in [6.07, 6.45) is 3.66. The molecule has 0 unspecified atom stereocenters. The molecular weight excluding hydrogens is 226 g/mol. The second-order valence-electron chi connectivity index (χ2n) is 5.24. The van der Waals surface area contributed by atoms with Crippen molar-refractivity contribution in [2.75, 3.05) is 16.8 Å². The summed E-state index contributed by atoms with van der Waals surface area (Å²) in [4.78, 5) is 13.7. The van der Waals surface area contributed by atoms with Crippen molar-refractivity contribution in [2.45, 2.75) is 37.8 Å². The van der Waals surface area contributed by atoms with Gasteiger partial charge in [0.05, 0.1) is 11.4 Å². The highest BCUT2D eigenvalue weighted by molar-refractivity contribution is 5.98. The molecule has 3 rings (SSSR count). The van der Waals surface area contributed by atoms with Crippen molar-refractivity contribution in [3.05, 3.63) is 24.3 Å². The van der Waals surface area contributed by atoms with Gasteiger partial charge in [0.25, 0.3) is 0 Å². The van der Waals surface area contributed by atoms with Gasteiger partial charge in [0, 0.05) is 25.0 Å². The van der Waals surface area contributed by atoms with Crippen molar-refractivity contribution < 1.29 is 4.79 Å². The number of hydrogen-bond donors (Lipinski definition) is 2. The third kappa shape index (κ3) is 2.08. The molecule has 1 aromatic rings. The first kappa shape index (κ1) is 11.5. The van der Waals surface area contributed by atoms with Crippen molar-refractivity contribution in [2.24, 2.45) is 5.73 Å². The molecule has 0 aromatic heterocycles. The van der Waals surface area contributed by atoms with E-state index in [1.54, 1.807) is 0 Å². The minimum Gasteiger partial charge on any atom is -0.381 e. The zero-order valence-electron chi connectivity index (χ0n) is 10.4. The lowest BCUT2D eigenvalue weighted by molar-refractivity contribution is -0.117. The van der Waals surface area contributed by atoms with Gasteiger partial charge in [-0.15, -0.1) is 0 Å². The van der Waals surface area contributed by atoms with Gasteiger partial charge < -0.3 is 16.0 Å². The number of para-hydroxylation sites is 2. The van der Waals surface area contributed by atoms with Gasteiger partial charge in [0.1, 0.15) is 0 Å². The van der Waals surface area contributed by atoms with Crippen LogP contribution in [0.5, 0.6) is 0 Å². The molecule has 1 amide bonds. The van der Waals surface area contributed by atoms with E-state index in [1.807, 2.05) is 29.2 Å². The standard InChI is InChI=1S/C14H19N3O/c15-10-8-11(9-10)16-12-4-1-2-5-13(12)17-7-3-6-14(17)18/h1-2,4-5,10-11,16H,3,6-9,15H2. The summed E-state index contributed by atoms with van der Waals surface area (Å²) < 4.78 is 0. The number of nitrogens with zero attached hydrogens (tertiary/aromatic N) is 1. The molecule has 0 spiro atoms. The number of nitrogens with one attached hydrogen (secondary N) is 1. The van der Waals surface area contributed by atoms with E-state index >= 15 is 0 Å². The average molecular weight is 245 g/mol. The second-order valence-corrected chi connectivity index (χ2v) is 5.24. The average Bonchev–Trinajstić information content (AvgIpc) is 2.74. The van der Waals surface area contributed by atoms with Crippen LogP contribution in [-0.2, 0) is 4.79 Å². The molecule has 1 saturated heterocycles. The van der Waals surface area contributed by atoms with Crippen LogP contribution in [0.1, 0.15) is 25.7 Å². The van der Waals surface area contributed by atoms with Gasteiger partial charge >= 0.3 is 0 Å². The number of benzene rings is 1. The molecule has 0 bridgehead atoms. The third-order valence-corrected chi connectivity index (χ3v) is 3.80. The van der Waals surface area contributed by atoms with Crippen LogP contribution in [0.15, 0.2) is 24.3 Å². The molecule has 1 aliphatic carbocycles. The van der Waals surface area contributed by atoms with Crippen molar-refractivity contribution in [1.29, 1.82) is 0 Å². The lowest BCUT2D eigenvalue weighted by atomic mass is 9.87. The molecule has 18 heavy (non-hydrogen) atoms. The van der Waals surface area contributed by atoms with Crippen molar-refractivity contribution in [3.63, 3.8) is 0 Å². The van der Waals surface area contributed by atoms with E-state index in [1.165, 1.54) is 0 Å². The summed E-state index contributed by atoms with van der Waals surface area (Å²) in [6, 6.07) is 8.85. The first-order valence-electron chi connectivity index (χ1n) is 6.65. The molecule has 4 heteroatoms. The van der Waals surface area contributed by atoms with Crippen molar-refractivity contribution >= 4 is 17.3 Å². The summed E-state index contributed by atoms with van der Waals surface area (Å²) in [5.41, 5.74) is 7.87. The highest BCUT2D eigenvalue weighted by Gasteiger charge is 2.28. The number of carbonyl (C=O) groups is 1. The molecule has 3 N–H and O–H groups in total. The quantitative estimate of drug-likeness (QED) is 0.852. The number of carbonyl (C=O) groups excluding carboxylic acids is 1. The van der Waals surface area contributed by atoms with Crippen LogP contribution in [-0.4, -0.2) is 24.5 Å². The molecule has 4 nitrogen and oxygen atoms in total. The Morgan fingerprint density at radius 2 is 2.06 bits per heavy atom. The molecule has 2 aliphatic rings. The Balaban J connectivity index is 1.79. The zero-order valence-corrected chi connectivity index (χ0v) is 10.4. The Bertz CT molecular complexity index is 454. The van der Waals surface area contributed by atoms with Gasteiger partial charge in [-0.2, -0.15) is 0 Å². The maximum absolute atomic E-state index is 11.8. The summed E-state index contributed by atoms with van der Waals surface area (Å²) >= 11 is 0. The van der Waals surface area contributed by atoms with Crippen LogP contribution in [0.2, 0.25) is 0 Å². The lowest BCUT2D eigenvalue weighted by Crippen LogP contribution is -2.44. The zero-order chi connectivity index (χ0) is 12.5. The molecular formula is C14H19N3O. The molecule has 0 atom stereocenters. The normalized spacial score (nSPS) is 27.2. The van der Waals surface area contributed by atoms with E-state index in [0.29, 0.717) is 18.5 Å². The molecule has 1 aliphatic heterocycles. The van der Waals surface area contributed by atoms with Gasteiger partial charge in [0.15, 0.2) is 0 Å². The number of amides is 1. The van der Waals surface area contributed by atoms with Crippen LogP contribution in [0.3, 0.4) is 0 Å². The van der Waals surface area contributed by atoms with Crippen LogP contribution in [0, 0.1) is 0 Å². The Morgan fingerprint density at radius 1 is 1.28 bits per heavy atom. The number of rotatable bonds is 3. The third-order valence-electron chi connectivity index (χ3n) is 3.80. The van der Waals surface area contributed by atoms with E-state index in [0.717, 1.165) is 37.2 Å². The van der Waals surface area contributed by atoms with Gasteiger partial charge in [0.2, 0.25) is 5.91 Å². The van der Waals surface area contributed by atoms with Crippen LogP contribution in [0.25, 0.3) is 0 Å². The minimum atomic E-state index is 0.231. The monoisotopic (exact) mass is 245 g/mol. The molecule has 96 valence electrons. The number of hydrogen-bond acceptors (Lipinski definition) is 3. The van der Waals surface area contributed by atoms with E-state index in [2.05, 4.69) is 5.32 Å². The van der Waals surface area contributed by atoms with Crippen LogP contribution >= 0.6 is 0 Å². The predicted octanol–water partition coefficient (Wildman–Crippen LogP) is 1.71. The maximum Gasteiger partial charge on any atom is 0.227 e. The van der Waals surface area contributed by atoms with E-state index < -0.39 is 0 Å². The molecule has 1 heterocycles. The smallest absolute Gasteiger partial charge is 0.227 e. The van der Waals surface area contributed by atoms with Crippen LogP contribution < -0.4 is 16.0 Å². The summed E-state index contributed by atoms with van der Waals surface area (Å²) in [6.45, 7) is 0.835. The predicted molar refractivity (Wildman–Crippen MR) is 72.6 cm³/mol. The molecule has 1 saturated carbocycles. The topological polar surface area (TPSA) is 58.4 Å². The van der Waals surface area contributed by atoms with Crippen molar-refractivity contribution in [3.8, 4) is 0 Å². The van der Waals surface area contributed by atoms with Gasteiger partial charge in [-0.3, -0.25) is 4.79 Å². The van der Waals surface area contributed by atoms with Gasteiger partial charge in [-0.05, 0) is 31.4 Å². The van der Waals surface area contributed by atoms with E-state index in [-0.39, 0.29) is 5.91 Å². The Hall–Kier alpha value is -1.55. The highest BCUT2D eigenvalue weighted by atomic mass is 16.2. The number of anilines is 2. The first-order chi connectivity index (χ1) is 8.74. The molecule has 2 fully saturated rings. The van der Waals surface area contributed by atoms with E-state index in [4.69, 9.17) is 5.73 Å². The summed E-state index contributed by atoms with van der Waals surface area (Å²) in [5, 5.41) is 3.50. The largest absolute Gasteiger partial charge is 0.381 e. The highest BCUT2D eigenvalue weighted by Crippen LogP contribution is 2.32. The summed E-state index contributed by atoms with van der Waals surface area (Å²) in [7, 11) is 0. The van der Waals surface area contributed by atoms with Crippen LogP contribution in [0.4, 0.5) is 11.4 Å². The van der Waals surface area contributed by atoms with Crippen molar-refractivity contribution in [1.82, 2.24) is 0 Å². The summed E-state index contributed by atoms with van der Waals surface area (Å²) in [5.74, 6) is 0.231. The first-order valence-corrected chi connectivity index (χ1v) is 6.65. The fourth-order valence-electron chi connectivity index (χ4n) is 2.73. The number of nitrogens with two attached hydrogens (primary N) is 1. The second kappa shape index (κ2) is 4.61. The molecule has 1 aromatic carbocycles. The Morgan fingerprint density at radius 3 is 2.72 bits per heavy atom. The lowest BCUT2D eigenvalue weighted by Gasteiger charge is -2.35. The fraction of sp³-hybridized carbons (Fsp3) is 0.500. The Labute approximate surface area is 107 Å². The van der Waals surface area contributed by atoms with E-state index in [9.17, 15) is 4.79 Å². The Kier molecular flexibility index (Phi) is 2.96. The fourth-order valence-corrected chi connectivity index (χ4v) is 2.73. The minimum absolute atomic E-state index is 0.231. The van der Waals surface area contributed by atoms with Gasteiger partial charge in [-0.1, -0.05) is 12.1 Å². The molecule has 0 radical (unpaired) electrons.